The van der Waals surface area contributed by atoms with Crippen LogP contribution in [0.4, 0.5) is 10.5 Å². The van der Waals surface area contributed by atoms with E-state index in [2.05, 4.69) is 10.0 Å². The first-order chi connectivity index (χ1) is 22.9. The average Bonchev–Trinajstić information content (AvgIpc) is 3.06. The molecule has 2 aromatic carbocycles. The number of halogens is 1. The summed E-state index contributed by atoms with van der Waals surface area (Å²) in [5, 5.41) is 13.8. The number of amides is 3. The fraction of sp³-hybridized carbons (Fsp3) is 0.600. The highest BCUT2D eigenvalue weighted by Crippen LogP contribution is 2.30. The van der Waals surface area contributed by atoms with Crippen molar-refractivity contribution in [1.29, 1.82) is 0 Å². The Morgan fingerprint density at radius 2 is 1.75 bits per heavy atom. The van der Waals surface area contributed by atoms with Gasteiger partial charge in [-0.2, -0.15) is 0 Å². The number of anilines is 1. The molecule has 11 nitrogen and oxygen atoms in total. The van der Waals surface area contributed by atoms with Crippen LogP contribution < -0.4 is 14.8 Å². The summed E-state index contributed by atoms with van der Waals surface area (Å²) in [5.74, 6) is -0.309. The van der Waals surface area contributed by atoms with Crippen LogP contribution in [0.2, 0.25) is 5.02 Å². The summed E-state index contributed by atoms with van der Waals surface area (Å²) >= 11 is 5.95. The van der Waals surface area contributed by atoms with Crippen LogP contribution >= 0.6 is 11.6 Å². The number of ether oxygens (including phenoxy) is 2. The number of urea groups is 1. The fourth-order valence-electron chi connectivity index (χ4n) is 6.16. The summed E-state index contributed by atoms with van der Waals surface area (Å²) < 4.78 is 41.6. The van der Waals surface area contributed by atoms with Gasteiger partial charge in [-0.15, -0.1) is 0 Å². The van der Waals surface area contributed by atoms with Gasteiger partial charge in [0.25, 0.3) is 15.9 Å². The lowest BCUT2D eigenvalue weighted by atomic mass is 9.96. The number of benzene rings is 2. The molecule has 1 saturated carbocycles. The third-order valence-electron chi connectivity index (χ3n) is 9.16. The van der Waals surface area contributed by atoms with Crippen molar-refractivity contribution in [3.8, 4) is 5.75 Å². The molecular formula is C35H51ClN4O7S. The largest absolute Gasteiger partial charge is 0.490 e. The van der Waals surface area contributed by atoms with Crippen molar-refractivity contribution in [2.75, 3.05) is 38.1 Å². The second-order valence-corrected chi connectivity index (χ2v) is 15.4. The summed E-state index contributed by atoms with van der Waals surface area (Å²) in [4.78, 5) is 30.7. The number of nitrogens with zero attached hydrogens (tertiary/aromatic N) is 2. The molecule has 1 aliphatic heterocycles. The van der Waals surface area contributed by atoms with E-state index in [4.69, 9.17) is 21.1 Å². The Kier molecular flexibility index (Phi) is 13.8. The lowest BCUT2D eigenvalue weighted by Crippen LogP contribution is -2.50. The van der Waals surface area contributed by atoms with Gasteiger partial charge in [0.05, 0.1) is 35.3 Å². The third kappa shape index (κ3) is 10.5. The fourth-order valence-corrected chi connectivity index (χ4v) is 7.34. The van der Waals surface area contributed by atoms with Crippen molar-refractivity contribution < 1.29 is 32.6 Å². The summed E-state index contributed by atoms with van der Waals surface area (Å²) in [6.07, 6.45) is 7.14. The summed E-state index contributed by atoms with van der Waals surface area (Å²) in [5.41, 5.74) is 0.357. The molecule has 13 heteroatoms. The van der Waals surface area contributed by atoms with Crippen molar-refractivity contribution in [3.63, 3.8) is 0 Å². The number of carbonyl (C=O) groups excluding carboxylic acids is 2. The Bertz CT molecular complexity index is 1470. The van der Waals surface area contributed by atoms with E-state index in [1.807, 2.05) is 13.8 Å². The van der Waals surface area contributed by atoms with E-state index in [1.165, 1.54) is 36.8 Å². The van der Waals surface area contributed by atoms with Crippen LogP contribution in [-0.4, -0.2) is 92.9 Å². The molecule has 3 N–H and O–H groups in total. The molecule has 48 heavy (non-hydrogen) atoms. The third-order valence-corrected chi connectivity index (χ3v) is 10.8. The summed E-state index contributed by atoms with van der Waals surface area (Å²) in [6, 6.07) is 9.91. The van der Waals surface area contributed by atoms with E-state index in [-0.39, 0.29) is 59.5 Å². The molecular weight excluding hydrogens is 656 g/mol. The van der Waals surface area contributed by atoms with Gasteiger partial charge >= 0.3 is 6.03 Å². The SMILES string of the molecule is C[C@H](CO)N1C[C@H](C)[C@@H](CN(C)C(=O)NC2CCCCC2)OCCCC[C@H](C)Oc2ccc(NS(=O)(=O)c3ccc(Cl)cc3)cc2C1=O. The topological polar surface area (TPSA) is 138 Å². The molecule has 2 aliphatic rings. The van der Waals surface area contributed by atoms with Gasteiger partial charge in [-0.1, -0.05) is 37.8 Å². The van der Waals surface area contributed by atoms with Crippen LogP contribution in [0.5, 0.6) is 5.75 Å². The summed E-state index contributed by atoms with van der Waals surface area (Å²) in [6.45, 7) is 6.42. The van der Waals surface area contributed by atoms with Crippen molar-refractivity contribution >= 4 is 39.2 Å². The van der Waals surface area contributed by atoms with Crippen molar-refractivity contribution in [2.45, 2.75) is 101 Å². The second-order valence-electron chi connectivity index (χ2n) is 13.2. The number of sulfonamides is 1. The minimum atomic E-state index is -3.98. The highest BCUT2D eigenvalue weighted by Gasteiger charge is 2.31. The van der Waals surface area contributed by atoms with Crippen molar-refractivity contribution in [3.05, 3.63) is 53.1 Å². The van der Waals surface area contributed by atoms with Gasteiger partial charge in [0.15, 0.2) is 0 Å². The Morgan fingerprint density at radius 3 is 2.44 bits per heavy atom. The number of fused-ring (bicyclic) bond motifs is 1. The molecule has 266 valence electrons. The highest BCUT2D eigenvalue weighted by atomic mass is 35.5. The first kappa shape index (κ1) is 37.8. The maximum atomic E-state index is 14.4. The molecule has 2 aromatic rings. The normalized spacial score (nSPS) is 22.5. The molecule has 1 heterocycles. The molecule has 0 bridgehead atoms. The minimum absolute atomic E-state index is 0.0240. The van der Waals surface area contributed by atoms with E-state index in [1.54, 1.807) is 35.9 Å². The van der Waals surface area contributed by atoms with Gasteiger partial charge in [-0.25, -0.2) is 13.2 Å². The molecule has 0 saturated heterocycles. The van der Waals surface area contributed by atoms with Gasteiger partial charge in [-0.3, -0.25) is 9.52 Å². The average molecular weight is 707 g/mol. The number of hydrogen-bond donors (Lipinski definition) is 3. The number of hydrogen-bond acceptors (Lipinski definition) is 7. The van der Waals surface area contributed by atoms with Crippen LogP contribution in [0.15, 0.2) is 47.4 Å². The maximum Gasteiger partial charge on any atom is 0.317 e. The van der Waals surface area contributed by atoms with Crippen molar-refractivity contribution in [1.82, 2.24) is 15.1 Å². The molecule has 3 amide bonds. The van der Waals surface area contributed by atoms with Crippen LogP contribution in [-0.2, 0) is 14.8 Å². The minimum Gasteiger partial charge on any atom is -0.490 e. The lowest BCUT2D eigenvalue weighted by Gasteiger charge is -2.36. The number of rotatable bonds is 8. The number of aliphatic hydroxyl groups is 1. The second kappa shape index (κ2) is 17.6. The molecule has 1 fully saturated rings. The van der Waals surface area contributed by atoms with Crippen LogP contribution in [0.3, 0.4) is 0 Å². The monoisotopic (exact) mass is 706 g/mol. The Hall–Kier alpha value is -3.06. The van der Waals surface area contributed by atoms with Gasteiger partial charge in [-0.05, 0) is 88.4 Å². The molecule has 0 spiro atoms. The smallest absolute Gasteiger partial charge is 0.317 e. The van der Waals surface area contributed by atoms with E-state index >= 15 is 0 Å². The zero-order valence-corrected chi connectivity index (χ0v) is 30.1. The Labute approximate surface area is 290 Å². The van der Waals surface area contributed by atoms with Gasteiger partial charge in [0, 0.05) is 49.4 Å². The van der Waals surface area contributed by atoms with Gasteiger partial charge in [0.1, 0.15) is 5.75 Å². The van der Waals surface area contributed by atoms with Gasteiger partial charge in [0.2, 0.25) is 0 Å². The molecule has 1 aliphatic carbocycles. The quantitative estimate of drug-likeness (QED) is 0.310. The first-order valence-electron chi connectivity index (χ1n) is 17.0. The predicted molar refractivity (Wildman–Crippen MR) is 187 cm³/mol. The molecule has 0 radical (unpaired) electrons. The molecule has 4 rings (SSSR count). The standard InChI is InChI=1S/C35H51ClN4O7S/c1-24-21-40(25(2)23-41)34(42)31-20-29(38-48(44,45)30-16-13-27(36)14-17-30)15-18-32(31)47-26(3)10-8-9-19-46-33(24)22-39(4)35(43)37-28-11-6-5-7-12-28/h13-18,20,24-26,28,33,38,41H,5-12,19,21-23H2,1-4H3,(H,37,43)/t24-,25+,26-,33+/m0/s1. The van der Waals surface area contributed by atoms with Gasteiger partial charge < -0.3 is 29.7 Å². The van der Waals surface area contributed by atoms with E-state index in [9.17, 15) is 23.1 Å². The number of aliphatic hydroxyl groups excluding tert-OH is 1. The van der Waals surface area contributed by atoms with E-state index in [0.717, 1.165) is 38.5 Å². The van der Waals surface area contributed by atoms with Crippen LogP contribution in [0.25, 0.3) is 0 Å². The highest BCUT2D eigenvalue weighted by molar-refractivity contribution is 7.92. The first-order valence-corrected chi connectivity index (χ1v) is 18.9. The molecule has 0 unspecified atom stereocenters. The van der Waals surface area contributed by atoms with Crippen LogP contribution in [0, 0.1) is 5.92 Å². The lowest BCUT2D eigenvalue weighted by molar-refractivity contribution is -0.0123. The zero-order chi connectivity index (χ0) is 34.8. The Balaban J connectivity index is 1.61. The zero-order valence-electron chi connectivity index (χ0n) is 28.5. The van der Waals surface area contributed by atoms with Crippen LogP contribution in [0.1, 0.15) is 82.5 Å². The van der Waals surface area contributed by atoms with E-state index < -0.39 is 22.0 Å². The van der Waals surface area contributed by atoms with E-state index in [0.29, 0.717) is 30.3 Å². The maximum absolute atomic E-state index is 14.4. The molecule has 4 atom stereocenters. The number of nitrogens with one attached hydrogen (secondary N) is 2. The predicted octanol–water partition coefficient (Wildman–Crippen LogP) is 5.91. The van der Waals surface area contributed by atoms with Crippen molar-refractivity contribution in [2.24, 2.45) is 5.92 Å². The Morgan fingerprint density at radius 1 is 1.06 bits per heavy atom. The number of carbonyl (C=O) groups is 2. The summed E-state index contributed by atoms with van der Waals surface area (Å²) in [7, 11) is -2.22. The molecule has 0 aromatic heterocycles. The number of likely N-dealkylation sites (N-methyl/N-ethyl adjacent to an activating group) is 1.